The maximum atomic E-state index is 12.0. The van der Waals surface area contributed by atoms with Crippen molar-refractivity contribution in [2.45, 2.75) is 32.1 Å². The van der Waals surface area contributed by atoms with Gasteiger partial charge >= 0.3 is 5.97 Å². The van der Waals surface area contributed by atoms with Crippen LogP contribution in [0.3, 0.4) is 0 Å². The van der Waals surface area contributed by atoms with E-state index in [1.165, 1.54) is 7.11 Å². The van der Waals surface area contributed by atoms with E-state index >= 15 is 0 Å². The number of methoxy groups -OCH3 is 1. The lowest BCUT2D eigenvalue weighted by Gasteiger charge is -2.09. The molecule has 0 fully saturated rings. The van der Waals surface area contributed by atoms with Crippen LogP contribution in [0.4, 0.5) is 5.69 Å². The SMILES string of the molecule is COc1ccc(N)c(C(=O)NCCCCCCC(=O)O)c1. The van der Waals surface area contributed by atoms with Gasteiger partial charge < -0.3 is 20.9 Å². The molecule has 0 aromatic heterocycles. The van der Waals surface area contributed by atoms with Crippen LogP contribution in [0.2, 0.25) is 0 Å². The third-order valence-corrected chi connectivity index (χ3v) is 3.11. The number of hydrogen-bond donors (Lipinski definition) is 3. The van der Waals surface area contributed by atoms with E-state index in [1.54, 1.807) is 18.2 Å². The number of carboxylic acid groups (broad SMARTS) is 1. The Morgan fingerprint density at radius 3 is 2.62 bits per heavy atom. The summed E-state index contributed by atoms with van der Waals surface area (Å²) in [7, 11) is 1.53. The van der Waals surface area contributed by atoms with Crippen molar-refractivity contribution in [3.63, 3.8) is 0 Å². The fourth-order valence-corrected chi connectivity index (χ4v) is 1.91. The number of benzene rings is 1. The van der Waals surface area contributed by atoms with E-state index in [9.17, 15) is 9.59 Å². The van der Waals surface area contributed by atoms with Crippen LogP contribution < -0.4 is 15.8 Å². The van der Waals surface area contributed by atoms with E-state index in [0.717, 1.165) is 19.3 Å². The van der Waals surface area contributed by atoms with Crippen LogP contribution in [0.15, 0.2) is 18.2 Å². The van der Waals surface area contributed by atoms with Gasteiger partial charge in [-0.1, -0.05) is 12.8 Å². The fraction of sp³-hybridized carbons (Fsp3) is 0.467. The molecule has 1 aromatic rings. The zero-order chi connectivity index (χ0) is 15.7. The van der Waals surface area contributed by atoms with Gasteiger partial charge in [0, 0.05) is 18.7 Å². The van der Waals surface area contributed by atoms with Crippen molar-refractivity contribution in [3.05, 3.63) is 23.8 Å². The lowest BCUT2D eigenvalue weighted by atomic mass is 10.1. The fourth-order valence-electron chi connectivity index (χ4n) is 1.91. The van der Waals surface area contributed by atoms with Gasteiger partial charge in [-0.15, -0.1) is 0 Å². The van der Waals surface area contributed by atoms with Crippen LogP contribution in [0.1, 0.15) is 42.5 Å². The third kappa shape index (κ3) is 6.16. The second-order valence-electron chi connectivity index (χ2n) is 4.77. The average Bonchev–Trinajstić information content (AvgIpc) is 2.46. The molecule has 0 aliphatic heterocycles. The number of nitrogens with two attached hydrogens (primary N) is 1. The second-order valence-corrected chi connectivity index (χ2v) is 4.77. The zero-order valence-corrected chi connectivity index (χ0v) is 12.2. The Kier molecular flexibility index (Phi) is 7.08. The van der Waals surface area contributed by atoms with Crippen molar-refractivity contribution in [1.29, 1.82) is 0 Å². The van der Waals surface area contributed by atoms with Crippen LogP contribution in [0, 0.1) is 0 Å². The van der Waals surface area contributed by atoms with E-state index in [2.05, 4.69) is 5.32 Å². The number of unbranched alkanes of at least 4 members (excludes halogenated alkanes) is 3. The van der Waals surface area contributed by atoms with Crippen LogP contribution in [0.5, 0.6) is 5.75 Å². The molecule has 0 aliphatic rings. The quantitative estimate of drug-likeness (QED) is 0.478. The standard InChI is InChI=1S/C15H22N2O4/c1-21-11-7-8-13(16)12(10-11)15(20)17-9-5-3-2-4-6-14(18)19/h7-8,10H,2-6,9,16H2,1H3,(H,17,20)(H,18,19). The van der Waals surface area contributed by atoms with Crippen molar-refractivity contribution >= 4 is 17.6 Å². The number of nitrogen functional groups attached to an aromatic ring is 1. The number of anilines is 1. The number of ether oxygens (including phenoxy) is 1. The van der Waals surface area contributed by atoms with E-state index < -0.39 is 5.97 Å². The number of rotatable bonds is 9. The topological polar surface area (TPSA) is 102 Å². The first-order valence-electron chi connectivity index (χ1n) is 6.98. The van der Waals surface area contributed by atoms with E-state index in [0.29, 0.717) is 30.0 Å². The van der Waals surface area contributed by atoms with Crippen LogP contribution in [0.25, 0.3) is 0 Å². The van der Waals surface area contributed by atoms with Crippen molar-refractivity contribution < 1.29 is 19.4 Å². The number of hydrogen-bond acceptors (Lipinski definition) is 4. The molecule has 0 aliphatic carbocycles. The summed E-state index contributed by atoms with van der Waals surface area (Å²) in [6, 6.07) is 4.95. The molecule has 6 heteroatoms. The molecule has 1 aromatic carbocycles. The summed E-state index contributed by atoms with van der Waals surface area (Å²) in [6.07, 6.45) is 3.43. The van der Waals surface area contributed by atoms with Gasteiger partial charge in [0.25, 0.3) is 5.91 Å². The predicted octanol–water partition coefficient (Wildman–Crippen LogP) is 2.04. The third-order valence-electron chi connectivity index (χ3n) is 3.11. The summed E-state index contributed by atoms with van der Waals surface area (Å²) in [5.41, 5.74) is 6.59. The number of aliphatic carboxylic acids is 1. The Bertz CT molecular complexity index is 489. The minimum Gasteiger partial charge on any atom is -0.497 e. The number of nitrogens with one attached hydrogen (secondary N) is 1. The Morgan fingerprint density at radius 1 is 1.24 bits per heavy atom. The molecule has 6 nitrogen and oxygen atoms in total. The Labute approximate surface area is 124 Å². The Balaban J connectivity index is 2.29. The van der Waals surface area contributed by atoms with Gasteiger partial charge in [0.05, 0.1) is 12.7 Å². The van der Waals surface area contributed by atoms with Gasteiger partial charge in [0.2, 0.25) is 0 Å². The highest BCUT2D eigenvalue weighted by Gasteiger charge is 2.10. The van der Waals surface area contributed by atoms with Crippen molar-refractivity contribution in [1.82, 2.24) is 5.32 Å². The normalized spacial score (nSPS) is 10.1. The van der Waals surface area contributed by atoms with E-state index in [-0.39, 0.29) is 12.3 Å². The molecule has 1 amide bonds. The van der Waals surface area contributed by atoms with Gasteiger partial charge in [0.1, 0.15) is 5.75 Å². The zero-order valence-electron chi connectivity index (χ0n) is 12.2. The molecule has 0 bridgehead atoms. The summed E-state index contributed by atoms with van der Waals surface area (Å²) in [5, 5.41) is 11.3. The summed E-state index contributed by atoms with van der Waals surface area (Å²) in [5.74, 6) is -0.406. The number of carboxylic acids is 1. The highest BCUT2D eigenvalue weighted by atomic mass is 16.5. The molecular weight excluding hydrogens is 272 g/mol. The molecule has 4 N–H and O–H groups in total. The summed E-state index contributed by atoms with van der Waals surface area (Å²) < 4.78 is 5.07. The molecule has 0 spiro atoms. The first-order valence-corrected chi connectivity index (χ1v) is 6.98. The van der Waals surface area contributed by atoms with Crippen LogP contribution in [-0.2, 0) is 4.79 Å². The Morgan fingerprint density at radius 2 is 1.95 bits per heavy atom. The molecule has 0 radical (unpaired) electrons. The van der Waals surface area contributed by atoms with Gasteiger partial charge in [-0.2, -0.15) is 0 Å². The molecule has 0 unspecified atom stereocenters. The lowest BCUT2D eigenvalue weighted by Crippen LogP contribution is -2.25. The van der Waals surface area contributed by atoms with Crippen molar-refractivity contribution in [2.24, 2.45) is 0 Å². The predicted molar refractivity (Wildman–Crippen MR) is 80.5 cm³/mol. The van der Waals surface area contributed by atoms with E-state index in [1.807, 2.05) is 0 Å². The first-order chi connectivity index (χ1) is 10.0. The Hall–Kier alpha value is -2.24. The van der Waals surface area contributed by atoms with Crippen LogP contribution in [-0.4, -0.2) is 30.6 Å². The molecule has 0 saturated heterocycles. The molecule has 116 valence electrons. The number of carbonyl (C=O) groups excluding carboxylic acids is 1. The summed E-state index contributed by atoms with van der Waals surface area (Å²) in [6.45, 7) is 0.544. The first kappa shape index (κ1) is 16.8. The number of amides is 1. The molecular formula is C15H22N2O4. The monoisotopic (exact) mass is 294 g/mol. The van der Waals surface area contributed by atoms with E-state index in [4.69, 9.17) is 15.6 Å². The van der Waals surface area contributed by atoms with Crippen molar-refractivity contribution in [2.75, 3.05) is 19.4 Å². The minimum absolute atomic E-state index is 0.201. The molecule has 1 rings (SSSR count). The highest BCUT2D eigenvalue weighted by molar-refractivity contribution is 5.99. The van der Waals surface area contributed by atoms with Gasteiger partial charge in [-0.3, -0.25) is 9.59 Å². The summed E-state index contributed by atoms with van der Waals surface area (Å²) >= 11 is 0. The second kappa shape index (κ2) is 8.84. The molecule has 0 saturated carbocycles. The molecule has 21 heavy (non-hydrogen) atoms. The van der Waals surface area contributed by atoms with Gasteiger partial charge in [-0.25, -0.2) is 0 Å². The smallest absolute Gasteiger partial charge is 0.303 e. The lowest BCUT2D eigenvalue weighted by molar-refractivity contribution is -0.137. The summed E-state index contributed by atoms with van der Waals surface area (Å²) in [4.78, 5) is 22.3. The minimum atomic E-state index is -0.767. The maximum absolute atomic E-state index is 12.0. The largest absolute Gasteiger partial charge is 0.497 e. The maximum Gasteiger partial charge on any atom is 0.303 e. The molecule has 0 atom stereocenters. The van der Waals surface area contributed by atoms with Crippen LogP contribution >= 0.6 is 0 Å². The van der Waals surface area contributed by atoms with Gasteiger partial charge in [0.15, 0.2) is 0 Å². The number of carbonyl (C=O) groups is 2. The van der Waals surface area contributed by atoms with Crippen molar-refractivity contribution in [3.8, 4) is 5.75 Å². The average molecular weight is 294 g/mol. The highest BCUT2D eigenvalue weighted by Crippen LogP contribution is 2.19. The molecule has 0 heterocycles. The van der Waals surface area contributed by atoms with Gasteiger partial charge in [-0.05, 0) is 31.0 Å².